The molecule has 1 fully saturated rings. The summed E-state index contributed by atoms with van der Waals surface area (Å²) in [6, 6.07) is 9.29. The van der Waals surface area contributed by atoms with Crippen molar-refractivity contribution in [3.05, 3.63) is 59.2 Å². The fourth-order valence-corrected chi connectivity index (χ4v) is 4.89. The topological polar surface area (TPSA) is 113 Å². The van der Waals surface area contributed by atoms with E-state index in [0.29, 0.717) is 51.2 Å². The van der Waals surface area contributed by atoms with E-state index in [-0.39, 0.29) is 30.2 Å². The minimum Gasteiger partial charge on any atom is -0.354 e. The number of benzene rings is 1. The molecule has 0 aliphatic carbocycles. The average molecular weight is 492 g/mol. The first-order chi connectivity index (χ1) is 17.3. The first-order valence-electron chi connectivity index (χ1n) is 12.4. The molecule has 0 spiro atoms. The van der Waals surface area contributed by atoms with Gasteiger partial charge < -0.3 is 15.1 Å². The maximum absolute atomic E-state index is 13.2. The van der Waals surface area contributed by atoms with Gasteiger partial charge in [0.25, 0.3) is 5.78 Å². The molecule has 0 radical (unpaired) electrons. The Morgan fingerprint density at radius 1 is 1.11 bits per heavy atom. The third-order valence-electron chi connectivity index (χ3n) is 6.80. The highest BCUT2D eigenvalue weighted by molar-refractivity contribution is 5.80. The second kappa shape index (κ2) is 11.3. The molecule has 10 nitrogen and oxygen atoms in total. The second-order valence-electron chi connectivity index (χ2n) is 9.16. The minimum atomic E-state index is -0.337. The van der Waals surface area contributed by atoms with Crippen molar-refractivity contribution < 1.29 is 14.4 Å². The number of aryl methyl sites for hydroxylation is 2. The zero-order valence-electron chi connectivity index (χ0n) is 21.1. The molecular formula is C26H33N7O3. The highest BCUT2D eigenvalue weighted by atomic mass is 16.2. The van der Waals surface area contributed by atoms with E-state index in [0.717, 1.165) is 22.5 Å². The number of hydrogen-bond donors (Lipinski definition) is 1. The largest absolute Gasteiger partial charge is 0.354 e. The summed E-state index contributed by atoms with van der Waals surface area (Å²) in [6.45, 7) is 7.19. The Morgan fingerprint density at radius 2 is 1.89 bits per heavy atom. The second-order valence-corrected chi connectivity index (χ2v) is 9.16. The van der Waals surface area contributed by atoms with Crippen molar-refractivity contribution in [1.29, 1.82) is 0 Å². The fraction of sp³-hybridized carbons (Fsp3) is 0.462. The van der Waals surface area contributed by atoms with E-state index in [4.69, 9.17) is 0 Å². The van der Waals surface area contributed by atoms with Crippen LogP contribution >= 0.6 is 0 Å². The van der Waals surface area contributed by atoms with Crippen LogP contribution in [-0.4, -0.2) is 73.3 Å². The number of aromatic nitrogens is 4. The van der Waals surface area contributed by atoms with Gasteiger partial charge in [-0.3, -0.25) is 14.4 Å². The number of carbonyl (C=O) groups excluding carboxylic acids is 3. The lowest BCUT2D eigenvalue weighted by Gasteiger charge is -2.31. The van der Waals surface area contributed by atoms with Gasteiger partial charge in [-0.05, 0) is 37.8 Å². The lowest BCUT2D eigenvalue weighted by atomic mass is 10.0. The number of carbonyl (C=O) groups is 3. The van der Waals surface area contributed by atoms with E-state index in [1.54, 1.807) is 14.3 Å². The molecule has 1 aliphatic rings. The van der Waals surface area contributed by atoms with E-state index in [9.17, 15) is 14.4 Å². The Hall–Kier alpha value is -3.82. The molecule has 36 heavy (non-hydrogen) atoms. The Morgan fingerprint density at radius 3 is 2.64 bits per heavy atom. The highest BCUT2D eigenvalue weighted by Crippen LogP contribution is 2.25. The highest BCUT2D eigenvalue weighted by Gasteiger charge is 2.27. The third kappa shape index (κ3) is 5.69. The van der Waals surface area contributed by atoms with Crippen molar-refractivity contribution >= 4 is 23.5 Å². The van der Waals surface area contributed by atoms with E-state index in [2.05, 4.69) is 20.4 Å². The summed E-state index contributed by atoms with van der Waals surface area (Å²) in [5.74, 6) is 0.334. The van der Waals surface area contributed by atoms with Crippen molar-refractivity contribution in [3.63, 3.8) is 0 Å². The lowest BCUT2D eigenvalue weighted by molar-refractivity contribution is -0.132. The maximum atomic E-state index is 13.2. The molecule has 190 valence electrons. The first-order valence-corrected chi connectivity index (χ1v) is 12.4. The number of hydrogen-bond acceptors (Lipinski definition) is 6. The van der Waals surface area contributed by atoms with Gasteiger partial charge >= 0.3 is 0 Å². The van der Waals surface area contributed by atoms with Gasteiger partial charge in [0.1, 0.15) is 6.33 Å². The van der Waals surface area contributed by atoms with E-state index < -0.39 is 0 Å². The van der Waals surface area contributed by atoms with Crippen LogP contribution < -0.4 is 5.32 Å². The molecule has 1 atom stereocenters. The van der Waals surface area contributed by atoms with Crippen LogP contribution in [0.5, 0.6) is 0 Å². The molecule has 4 rings (SSSR count). The Bertz CT molecular complexity index is 1240. The Labute approximate surface area is 210 Å². The van der Waals surface area contributed by atoms with Crippen LogP contribution in [-0.2, 0) is 20.8 Å². The number of amides is 3. The van der Waals surface area contributed by atoms with Crippen molar-refractivity contribution in [3.8, 4) is 0 Å². The molecule has 1 unspecified atom stereocenters. The molecular weight excluding hydrogens is 458 g/mol. The molecule has 1 aliphatic heterocycles. The van der Waals surface area contributed by atoms with Crippen LogP contribution in [0.4, 0.5) is 0 Å². The summed E-state index contributed by atoms with van der Waals surface area (Å²) in [5, 5.41) is 7.15. The maximum Gasteiger partial charge on any atom is 0.252 e. The van der Waals surface area contributed by atoms with Gasteiger partial charge in [0.2, 0.25) is 17.7 Å². The standard InChI is InChI=1S/C26H33N7O3/c1-18-22(19(2)33-26(30-18)28-17-29-33)10-11-25(36)31-13-7-14-32(20(3)34)23(16-24(35)27-12-15-31)21-8-5-4-6-9-21/h4-6,8-9,17,23H,7,10-16H2,1-3H3,(H,27,35). The molecule has 3 heterocycles. The van der Waals surface area contributed by atoms with Crippen molar-refractivity contribution in [2.45, 2.75) is 52.5 Å². The minimum absolute atomic E-state index is 0.00923. The molecule has 1 N–H and O–H groups in total. The summed E-state index contributed by atoms with van der Waals surface area (Å²) >= 11 is 0. The third-order valence-corrected chi connectivity index (χ3v) is 6.80. The van der Waals surface area contributed by atoms with Crippen LogP contribution in [0.3, 0.4) is 0 Å². The molecule has 3 aromatic rings. The average Bonchev–Trinajstić information content (AvgIpc) is 3.31. The van der Waals surface area contributed by atoms with Gasteiger partial charge in [0, 0.05) is 50.9 Å². The van der Waals surface area contributed by atoms with Gasteiger partial charge in [0.15, 0.2) is 0 Å². The van der Waals surface area contributed by atoms with Crippen LogP contribution in [0, 0.1) is 13.8 Å². The number of nitrogens with zero attached hydrogens (tertiary/aromatic N) is 6. The zero-order chi connectivity index (χ0) is 25.7. The summed E-state index contributed by atoms with van der Waals surface area (Å²) < 4.78 is 1.69. The number of nitrogens with one attached hydrogen (secondary N) is 1. The van der Waals surface area contributed by atoms with Gasteiger partial charge in [-0.1, -0.05) is 30.3 Å². The molecule has 2 aromatic heterocycles. The van der Waals surface area contributed by atoms with Crippen LogP contribution in [0.15, 0.2) is 36.7 Å². The summed E-state index contributed by atoms with van der Waals surface area (Å²) in [5.41, 5.74) is 3.69. The number of rotatable bonds is 4. The van der Waals surface area contributed by atoms with Gasteiger partial charge in [0.05, 0.1) is 12.5 Å². The van der Waals surface area contributed by atoms with E-state index >= 15 is 0 Å². The molecule has 1 aromatic carbocycles. The van der Waals surface area contributed by atoms with Crippen molar-refractivity contribution in [1.82, 2.24) is 34.7 Å². The first kappa shape index (κ1) is 25.3. The summed E-state index contributed by atoms with van der Waals surface area (Å²) in [6.07, 6.45) is 3.15. The monoisotopic (exact) mass is 491 g/mol. The summed E-state index contributed by atoms with van der Waals surface area (Å²) in [4.78, 5) is 50.7. The van der Waals surface area contributed by atoms with Gasteiger partial charge in [-0.25, -0.2) is 9.50 Å². The summed E-state index contributed by atoms with van der Waals surface area (Å²) in [7, 11) is 0. The lowest BCUT2D eigenvalue weighted by Crippen LogP contribution is -2.39. The van der Waals surface area contributed by atoms with Crippen LogP contribution in [0.25, 0.3) is 5.78 Å². The van der Waals surface area contributed by atoms with Crippen molar-refractivity contribution in [2.75, 3.05) is 26.2 Å². The smallest absolute Gasteiger partial charge is 0.252 e. The number of fused-ring (bicyclic) bond motifs is 1. The molecule has 10 heteroatoms. The van der Waals surface area contributed by atoms with Crippen molar-refractivity contribution in [2.24, 2.45) is 0 Å². The predicted octanol–water partition coefficient (Wildman–Crippen LogP) is 2.00. The quantitative estimate of drug-likeness (QED) is 0.597. The fourth-order valence-electron chi connectivity index (χ4n) is 4.89. The molecule has 1 saturated heterocycles. The van der Waals surface area contributed by atoms with Gasteiger partial charge in [-0.2, -0.15) is 10.1 Å². The normalized spacial score (nSPS) is 17.5. The van der Waals surface area contributed by atoms with Gasteiger partial charge in [-0.15, -0.1) is 0 Å². The van der Waals surface area contributed by atoms with Crippen LogP contribution in [0.1, 0.15) is 54.7 Å². The molecule has 3 amide bonds. The van der Waals surface area contributed by atoms with Crippen LogP contribution in [0.2, 0.25) is 0 Å². The van der Waals surface area contributed by atoms with E-state index in [1.807, 2.05) is 44.2 Å². The Kier molecular flexibility index (Phi) is 7.92. The molecule has 0 bridgehead atoms. The zero-order valence-corrected chi connectivity index (χ0v) is 21.1. The SMILES string of the molecule is CC(=O)N1CCCN(C(=O)CCc2c(C)nc3ncnn3c2C)CCNC(=O)CC1c1ccccc1. The molecule has 0 saturated carbocycles. The Balaban J connectivity index is 1.46. The predicted molar refractivity (Wildman–Crippen MR) is 134 cm³/mol. The van der Waals surface area contributed by atoms with E-state index in [1.165, 1.54) is 13.3 Å².